The van der Waals surface area contributed by atoms with E-state index in [1.54, 1.807) is 24.3 Å². The second-order valence-electron chi connectivity index (χ2n) is 6.32. The van der Waals surface area contributed by atoms with Crippen molar-refractivity contribution in [3.05, 3.63) is 100 Å². The first-order chi connectivity index (χ1) is 14.6. The molecule has 0 saturated carbocycles. The summed E-state index contributed by atoms with van der Waals surface area (Å²) >= 11 is 13.5. The second-order valence-corrected chi connectivity index (χ2v) is 8.14. The predicted molar refractivity (Wildman–Crippen MR) is 125 cm³/mol. The zero-order chi connectivity index (χ0) is 20.9. The fourth-order valence-electron chi connectivity index (χ4n) is 2.79. The fraction of sp³-hybridized carbons (Fsp3) is 0. The summed E-state index contributed by atoms with van der Waals surface area (Å²) in [6, 6.07) is 24.1. The molecule has 0 spiro atoms. The maximum Gasteiger partial charge on any atom is 0.258 e. The lowest BCUT2D eigenvalue weighted by Crippen LogP contribution is -2.13. The molecule has 0 atom stereocenters. The summed E-state index contributed by atoms with van der Waals surface area (Å²) in [5.41, 5.74) is 2.89. The Morgan fingerprint density at radius 2 is 1.57 bits per heavy atom. The van der Waals surface area contributed by atoms with Crippen molar-refractivity contribution >= 4 is 57.2 Å². The molecule has 4 nitrogen and oxygen atoms in total. The third-order valence-electron chi connectivity index (χ3n) is 4.27. The topological polar surface area (TPSA) is 54.9 Å². The fourth-order valence-corrected chi connectivity index (χ4v) is 3.85. The molecule has 1 aromatic heterocycles. The third-order valence-corrected chi connectivity index (χ3v) is 5.76. The van der Waals surface area contributed by atoms with Crippen LogP contribution in [0.15, 0.2) is 78.9 Å². The molecule has 0 bridgehead atoms. The number of rotatable bonds is 5. The van der Waals surface area contributed by atoms with Gasteiger partial charge < -0.3 is 0 Å². The van der Waals surface area contributed by atoms with Crippen LogP contribution >= 0.6 is 34.5 Å². The van der Waals surface area contributed by atoms with Crippen molar-refractivity contribution in [3.8, 4) is 10.6 Å². The van der Waals surface area contributed by atoms with Crippen LogP contribution in [0.2, 0.25) is 10.0 Å². The summed E-state index contributed by atoms with van der Waals surface area (Å²) in [6.45, 7) is 0. The molecular weight excluding hydrogens is 437 g/mol. The van der Waals surface area contributed by atoms with Gasteiger partial charge in [-0.15, -0.1) is 10.2 Å². The van der Waals surface area contributed by atoms with E-state index >= 15 is 0 Å². The third kappa shape index (κ3) is 4.76. The van der Waals surface area contributed by atoms with Crippen LogP contribution in [0.4, 0.5) is 5.13 Å². The van der Waals surface area contributed by atoms with Gasteiger partial charge in [0, 0.05) is 21.2 Å². The molecule has 1 N–H and O–H groups in total. The smallest absolute Gasteiger partial charge is 0.258 e. The van der Waals surface area contributed by atoms with Gasteiger partial charge in [-0.2, -0.15) is 0 Å². The van der Waals surface area contributed by atoms with E-state index in [0.29, 0.717) is 25.8 Å². The van der Waals surface area contributed by atoms with Crippen molar-refractivity contribution in [3.63, 3.8) is 0 Å². The average Bonchev–Trinajstić information content (AvgIpc) is 3.22. The van der Waals surface area contributed by atoms with E-state index in [2.05, 4.69) is 15.5 Å². The molecule has 0 unspecified atom stereocenters. The van der Waals surface area contributed by atoms with Crippen LogP contribution in [0, 0.1) is 0 Å². The average molecular weight is 452 g/mol. The largest absolute Gasteiger partial charge is 0.296 e. The number of carbonyl (C=O) groups is 1. The van der Waals surface area contributed by atoms with E-state index < -0.39 is 0 Å². The Morgan fingerprint density at radius 3 is 2.30 bits per heavy atom. The zero-order valence-electron chi connectivity index (χ0n) is 15.5. The highest BCUT2D eigenvalue weighted by atomic mass is 35.5. The molecule has 1 heterocycles. The molecule has 4 aromatic rings. The van der Waals surface area contributed by atoms with Gasteiger partial charge in [0.1, 0.15) is 5.01 Å². The number of amides is 1. The Hall–Kier alpha value is -2.99. The maximum absolute atomic E-state index is 13.1. The summed E-state index contributed by atoms with van der Waals surface area (Å²) in [7, 11) is 0. The minimum atomic E-state index is -0.292. The van der Waals surface area contributed by atoms with E-state index in [9.17, 15) is 4.79 Å². The quantitative estimate of drug-likeness (QED) is 0.271. The van der Waals surface area contributed by atoms with Crippen LogP contribution in [0.5, 0.6) is 0 Å². The second kappa shape index (κ2) is 9.22. The van der Waals surface area contributed by atoms with Gasteiger partial charge in [0.15, 0.2) is 0 Å². The first-order valence-corrected chi connectivity index (χ1v) is 10.6. The van der Waals surface area contributed by atoms with E-state index in [0.717, 1.165) is 16.7 Å². The molecular formula is C23H15Cl2N3OS. The van der Waals surface area contributed by atoms with Gasteiger partial charge in [-0.1, -0.05) is 95.2 Å². The Labute approximate surface area is 187 Å². The summed E-state index contributed by atoms with van der Waals surface area (Å²) in [6.07, 6.45) is 1.77. The van der Waals surface area contributed by atoms with Crippen molar-refractivity contribution in [1.82, 2.24) is 10.2 Å². The Balaban J connectivity index is 1.63. The summed E-state index contributed by atoms with van der Waals surface area (Å²) in [5, 5.41) is 13.4. The number of carbonyl (C=O) groups excluding carboxylic acids is 1. The van der Waals surface area contributed by atoms with E-state index in [-0.39, 0.29) is 5.91 Å². The summed E-state index contributed by atoms with van der Waals surface area (Å²) < 4.78 is 0. The lowest BCUT2D eigenvalue weighted by molar-refractivity contribution is -0.111. The first-order valence-electron chi connectivity index (χ1n) is 9.02. The van der Waals surface area contributed by atoms with Gasteiger partial charge >= 0.3 is 0 Å². The molecule has 0 aliphatic rings. The first kappa shape index (κ1) is 20.3. The van der Waals surface area contributed by atoms with Crippen LogP contribution < -0.4 is 5.32 Å². The number of benzene rings is 3. The standard InChI is InChI=1S/C23H15Cl2N3OS/c24-18-12-10-16(11-13-18)22-27-28-23(30-22)26-21(29)19(15-6-2-1-3-7-15)14-17-8-4-5-9-20(17)25/h1-14H,(H,26,28,29)/b19-14+. The van der Waals surface area contributed by atoms with Crippen LogP contribution in [-0.4, -0.2) is 16.1 Å². The van der Waals surface area contributed by atoms with Crippen molar-refractivity contribution in [1.29, 1.82) is 0 Å². The van der Waals surface area contributed by atoms with E-state index in [1.807, 2.05) is 60.7 Å². The van der Waals surface area contributed by atoms with Crippen molar-refractivity contribution < 1.29 is 4.79 Å². The molecule has 0 aliphatic carbocycles. The highest BCUT2D eigenvalue weighted by Crippen LogP contribution is 2.29. The van der Waals surface area contributed by atoms with Gasteiger partial charge in [-0.25, -0.2) is 0 Å². The molecule has 3 aromatic carbocycles. The number of hydrogen-bond acceptors (Lipinski definition) is 4. The summed E-state index contributed by atoms with van der Waals surface area (Å²) in [4.78, 5) is 13.1. The number of nitrogens with one attached hydrogen (secondary N) is 1. The normalized spacial score (nSPS) is 11.3. The van der Waals surface area contributed by atoms with Crippen LogP contribution in [0.25, 0.3) is 22.2 Å². The molecule has 30 heavy (non-hydrogen) atoms. The number of halogens is 2. The lowest BCUT2D eigenvalue weighted by Gasteiger charge is -2.08. The van der Waals surface area contributed by atoms with Gasteiger partial charge in [0.2, 0.25) is 5.13 Å². The van der Waals surface area contributed by atoms with Gasteiger partial charge in [-0.3, -0.25) is 10.1 Å². The minimum Gasteiger partial charge on any atom is -0.296 e. The molecule has 0 saturated heterocycles. The van der Waals surface area contributed by atoms with E-state index in [4.69, 9.17) is 23.2 Å². The number of hydrogen-bond donors (Lipinski definition) is 1. The molecule has 0 aliphatic heterocycles. The van der Waals surface area contributed by atoms with Crippen LogP contribution in [-0.2, 0) is 4.79 Å². The number of anilines is 1. The number of aromatic nitrogens is 2. The molecule has 0 radical (unpaired) electrons. The van der Waals surface area contributed by atoms with Gasteiger partial charge in [-0.05, 0) is 35.4 Å². The van der Waals surface area contributed by atoms with Crippen molar-refractivity contribution in [2.45, 2.75) is 0 Å². The predicted octanol–water partition coefficient (Wildman–Crippen LogP) is 6.69. The van der Waals surface area contributed by atoms with E-state index in [1.165, 1.54) is 11.3 Å². The number of nitrogens with zero attached hydrogens (tertiary/aromatic N) is 2. The Morgan fingerprint density at radius 1 is 0.867 bits per heavy atom. The maximum atomic E-state index is 13.1. The van der Waals surface area contributed by atoms with Gasteiger partial charge in [0.05, 0.1) is 0 Å². The molecule has 4 rings (SSSR count). The highest BCUT2D eigenvalue weighted by Gasteiger charge is 2.16. The van der Waals surface area contributed by atoms with Crippen LogP contribution in [0.1, 0.15) is 11.1 Å². The minimum absolute atomic E-state index is 0.292. The molecule has 1 amide bonds. The van der Waals surface area contributed by atoms with Crippen molar-refractivity contribution in [2.75, 3.05) is 5.32 Å². The Bertz CT molecular complexity index is 1200. The van der Waals surface area contributed by atoms with Crippen molar-refractivity contribution in [2.24, 2.45) is 0 Å². The molecule has 148 valence electrons. The molecule has 0 fully saturated rings. The zero-order valence-corrected chi connectivity index (χ0v) is 17.9. The highest BCUT2D eigenvalue weighted by molar-refractivity contribution is 7.18. The summed E-state index contributed by atoms with van der Waals surface area (Å²) in [5.74, 6) is -0.292. The van der Waals surface area contributed by atoms with Gasteiger partial charge in [0.25, 0.3) is 5.91 Å². The molecule has 7 heteroatoms. The Kier molecular flexibility index (Phi) is 6.23. The monoisotopic (exact) mass is 451 g/mol. The lowest BCUT2D eigenvalue weighted by atomic mass is 10.0. The SMILES string of the molecule is O=C(Nc1nnc(-c2ccc(Cl)cc2)s1)/C(=C/c1ccccc1Cl)c1ccccc1. The van der Waals surface area contributed by atoms with Crippen LogP contribution in [0.3, 0.4) is 0 Å².